The summed E-state index contributed by atoms with van der Waals surface area (Å²) in [6.45, 7) is 1.76. The Morgan fingerprint density at radius 3 is 2.85 bits per heavy atom. The molecular formula is C14H19FN4S. The first-order valence-electron chi connectivity index (χ1n) is 6.53. The lowest BCUT2D eigenvalue weighted by atomic mass is 10.1. The predicted octanol–water partition coefficient (Wildman–Crippen LogP) is 2.46. The minimum atomic E-state index is -0.302. The Morgan fingerprint density at radius 1 is 1.40 bits per heavy atom. The summed E-state index contributed by atoms with van der Waals surface area (Å²) in [7, 11) is 3.97. The molecule has 0 aliphatic rings. The second-order valence-electron chi connectivity index (χ2n) is 4.75. The number of hydrogen-bond donors (Lipinski definition) is 1. The normalized spacial score (nSPS) is 12.8. The first-order chi connectivity index (χ1) is 9.69. The molecule has 2 rings (SSSR count). The van der Waals surface area contributed by atoms with Crippen LogP contribution in [0.2, 0.25) is 0 Å². The highest BCUT2D eigenvalue weighted by atomic mass is 32.1. The van der Waals surface area contributed by atoms with Crippen LogP contribution in [0.1, 0.15) is 23.9 Å². The Kier molecular flexibility index (Phi) is 5.58. The van der Waals surface area contributed by atoms with Crippen LogP contribution in [0.5, 0.6) is 0 Å². The van der Waals surface area contributed by atoms with Gasteiger partial charge in [-0.2, -0.15) is 0 Å². The molecule has 20 heavy (non-hydrogen) atoms. The molecule has 1 unspecified atom stereocenters. The predicted molar refractivity (Wildman–Crippen MR) is 79.1 cm³/mol. The summed E-state index contributed by atoms with van der Waals surface area (Å²) < 4.78 is 12.9. The SMILES string of the molecule is CNC(CCN(C)Cc1cscn1)c1ccc(F)cn1. The maximum Gasteiger partial charge on any atom is 0.141 e. The maximum absolute atomic E-state index is 12.9. The number of nitrogens with zero attached hydrogens (tertiary/aromatic N) is 3. The van der Waals surface area contributed by atoms with Crippen molar-refractivity contribution in [2.75, 3.05) is 20.6 Å². The van der Waals surface area contributed by atoms with Gasteiger partial charge in [-0.05, 0) is 32.6 Å². The third-order valence-electron chi connectivity index (χ3n) is 3.17. The van der Waals surface area contributed by atoms with Crippen LogP contribution in [0.15, 0.2) is 29.2 Å². The Labute approximate surface area is 122 Å². The van der Waals surface area contributed by atoms with Gasteiger partial charge >= 0.3 is 0 Å². The third kappa shape index (κ3) is 4.33. The van der Waals surface area contributed by atoms with Gasteiger partial charge in [0.05, 0.1) is 29.1 Å². The number of pyridine rings is 1. The second kappa shape index (κ2) is 7.42. The van der Waals surface area contributed by atoms with E-state index in [9.17, 15) is 4.39 Å². The fraction of sp³-hybridized carbons (Fsp3) is 0.429. The third-order valence-corrected chi connectivity index (χ3v) is 3.81. The minimum Gasteiger partial charge on any atom is -0.312 e. The van der Waals surface area contributed by atoms with Crippen LogP contribution < -0.4 is 5.32 Å². The lowest BCUT2D eigenvalue weighted by Crippen LogP contribution is -2.25. The van der Waals surface area contributed by atoms with Crippen molar-refractivity contribution >= 4 is 11.3 Å². The van der Waals surface area contributed by atoms with E-state index < -0.39 is 0 Å². The molecule has 2 heterocycles. The van der Waals surface area contributed by atoms with E-state index in [2.05, 4.69) is 32.6 Å². The topological polar surface area (TPSA) is 41.0 Å². The van der Waals surface area contributed by atoms with Gasteiger partial charge in [0.1, 0.15) is 5.82 Å². The summed E-state index contributed by atoms with van der Waals surface area (Å²) in [5.74, 6) is -0.302. The summed E-state index contributed by atoms with van der Waals surface area (Å²) in [4.78, 5) is 10.6. The van der Waals surface area contributed by atoms with Crippen molar-refractivity contribution in [1.82, 2.24) is 20.2 Å². The summed E-state index contributed by atoms with van der Waals surface area (Å²) in [6, 6.07) is 3.32. The van der Waals surface area contributed by atoms with E-state index >= 15 is 0 Å². The molecule has 6 heteroatoms. The molecular weight excluding hydrogens is 275 g/mol. The number of aromatic nitrogens is 2. The molecule has 4 nitrogen and oxygen atoms in total. The van der Waals surface area contributed by atoms with E-state index in [4.69, 9.17) is 0 Å². The van der Waals surface area contributed by atoms with Crippen molar-refractivity contribution in [3.63, 3.8) is 0 Å². The van der Waals surface area contributed by atoms with Crippen LogP contribution in [-0.2, 0) is 6.54 Å². The maximum atomic E-state index is 12.9. The number of rotatable bonds is 7. The highest BCUT2D eigenvalue weighted by Gasteiger charge is 2.12. The van der Waals surface area contributed by atoms with Crippen LogP contribution in [0.4, 0.5) is 4.39 Å². The number of thiazole rings is 1. The van der Waals surface area contributed by atoms with Gasteiger partial charge in [0.15, 0.2) is 0 Å². The molecule has 0 radical (unpaired) electrons. The van der Waals surface area contributed by atoms with Crippen LogP contribution >= 0.6 is 11.3 Å². The molecule has 1 N–H and O–H groups in total. The molecule has 0 amide bonds. The highest BCUT2D eigenvalue weighted by molar-refractivity contribution is 7.07. The first kappa shape index (κ1) is 15.0. The standard InChI is InChI=1S/C14H19FN4S/c1-16-13(14-4-3-11(15)7-17-14)5-6-19(2)8-12-9-20-10-18-12/h3-4,7,9-10,13,16H,5-6,8H2,1-2H3. The van der Waals surface area contributed by atoms with Crippen molar-refractivity contribution in [2.45, 2.75) is 19.0 Å². The lowest BCUT2D eigenvalue weighted by molar-refractivity contribution is 0.300. The monoisotopic (exact) mass is 294 g/mol. The van der Waals surface area contributed by atoms with E-state index in [-0.39, 0.29) is 11.9 Å². The molecule has 0 aliphatic heterocycles. The fourth-order valence-corrected chi connectivity index (χ4v) is 2.60. The molecule has 1 atom stereocenters. The van der Waals surface area contributed by atoms with Gasteiger partial charge in [0.2, 0.25) is 0 Å². The second-order valence-corrected chi connectivity index (χ2v) is 5.47. The molecule has 0 saturated carbocycles. The smallest absolute Gasteiger partial charge is 0.141 e. The van der Waals surface area contributed by atoms with Gasteiger partial charge in [-0.25, -0.2) is 9.37 Å². The highest BCUT2D eigenvalue weighted by Crippen LogP contribution is 2.15. The Morgan fingerprint density at radius 2 is 2.25 bits per heavy atom. The lowest BCUT2D eigenvalue weighted by Gasteiger charge is -2.20. The first-order valence-corrected chi connectivity index (χ1v) is 7.47. The van der Waals surface area contributed by atoms with E-state index in [1.54, 1.807) is 17.4 Å². The van der Waals surface area contributed by atoms with Gasteiger partial charge in [-0.3, -0.25) is 4.98 Å². The Balaban J connectivity index is 1.85. The molecule has 2 aromatic rings. The van der Waals surface area contributed by atoms with Crippen LogP contribution in [0.3, 0.4) is 0 Å². The van der Waals surface area contributed by atoms with Crippen LogP contribution in [-0.4, -0.2) is 35.5 Å². The molecule has 0 bridgehead atoms. The van der Waals surface area contributed by atoms with Crippen LogP contribution in [0.25, 0.3) is 0 Å². The number of halogens is 1. The van der Waals surface area contributed by atoms with Gasteiger partial charge in [-0.1, -0.05) is 0 Å². The van der Waals surface area contributed by atoms with E-state index in [1.165, 1.54) is 12.3 Å². The fourth-order valence-electron chi connectivity index (χ4n) is 2.05. The average molecular weight is 294 g/mol. The number of nitrogens with one attached hydrogen (secondary N) is 1. The molecule has 108 valence electrons. The average Bonchev–Trinajstić information content (AvgIpc) is 2.94. The van der Waals surface area contributed by atoms with Gasteiger partial charge < -0.3 is 10.2 Å². The van der Waals surface area contributed by atoms with Crippen molar-refractivity contribution < 1.29 is 4.39 Å². The van der Waals surface area contributed by atoms with Crippen molar-refractivity contribution in [3.8, 4) is 0 Å². The quantitative estimate of drug-likeness (QED) is 0.851. The van der Waals surface area contributed by atoms with Crippen molar-refractivity contribution in [1.29, 1.82) is 0 Å². The molecule has 0 saturated heterocycles. The zero-order chi connectivity index (χ0) is 14.4. The Hall–Kier alpha value is -1.37. The van der Waals surface area contributed by atoms with E-state index in [0.717, 1.165) is 30.9 Å². The summed E-state index contributed by atoms with van der Waals surface area (Å²) in [5, 5.41) is 5.29. The van der Waals surface area contributed by atoms with Crippen LogP contribution in [0, 0.1) is 5.82 Å². The summed E-state index contributed by atoms with van der Waals surface area (Å²) >= 11 is 1.61. The van der Waals surface area contributed by atoms with Crippen molar-refractivity contribution in [3.05, 3.63) is 46.4 Å². The molecule has 2 aromatic heterocycles. The number of hydrogen-bond acceptors (Lipinski definition) is 5. The van der Waals surface area contributed by atoms with Gasteiger partial charge in [0.25, 0.3) is 0 Å². The largest absolute Gasteiger partial charge is 0.312 e. The summed E-state index contributed by atoms with van der Waals surface area (Å²) in [6.07, 6.45) is 2.18. The van der Waals surface area contributed by atoms with E-state index in [1.807, 2.05) is 12.6 Å². The molecule has 0 aliphatic carbocycles. The molecule has 0 aromatic carbocycles. The molecule has 0 spiro atoms. The zero-order valence-electron chi connectivity index (χ0n) is 11.7. The minimum absolute atomic E-state index is 0.133. The van der Waals surface area contributed by atoms with Crippen molar-refractivity contribution in [2.24, 2.45) is 0 Å². The van der Waals surface area contributed by atoms with Gasteiger partial charge in [0, 0.05) is 18.5 Å². The zero-order valence-corrected chi connectivity index (χ0v) is 12.5. The van der Waals surface area contributed by atoms with Gasteiger partial charge in [-0.15, -0.1) is 11.3 Å². The Bertz CT molecular complexity index is 500. The molecule has 0 fully saturated rings. The summed E-state index contributed by atoms with van der Waals surface area (Å²) in [5.41, 5.74) is 3.82. The van der Waals surface area contributed by atoms with E-state index in [0.29, 0.717) is 0 Å².